The lowest BCUT2D eigenvalue weighted by Crippen LogP contribution is -2.29. The Balaban J connectivity index is 2.60. The summed E-state index contributed by atoms with van der Waals surface area (Å²) in [6.45, 7) is 10.7. The zero-order chi connectivity index (χ0) is 13.1. The summed E-state index contributed by atoms with van der Waals surface area (Å²) in [6, 6.07) is 0. The Morgan fingerprint density at radius 1 is 1.59 bits per heavy atom. The molecule has 96 valence electrons. The van der Waals surface area contributed by atoms with Crippen LogP contribution < -0.4 is 0 Å². The van der Waals surface area contributed by atoms with E-state index in [9.17, 15) is 4.79 Å². The Kier molecular flexibility index (Phi) is 4.55. The van der Waals surface area contributed by atoms with Crippen LogP contribution in [-0.4, -0.2) is 11.1 Å². The largest absolute Gasteiger partial charge is 0.478 e. The number of hydrogen-bond acceptors (Lipinski definition) is 1. The van der Waals surface area contributed by atoms with E-state index in [2.05, 4.69) is 20.4 Å². The first-order chi connectivity index (χ1) is 7.83. The molecule has 2 heteroatoms. The van der Waals surface area contributed by atoms with E-state index in [-0.39, 0.29) is 0 Å². The number of rotatable bonds is 4. The van der Waals surface area contributed by atoms with Crippen molar-refractivity contribution in [3.63, 3.8) is 0 Å². The number of aliphatic carboxylic acids is 1. The molecule has 0 aromatic carbocycles. The van der Waals surface area contributed by atoms with E-state index >= 15 is 0 Å². The molecule has 1 saturated carbocycles. The van der Waals surface area contributed by atoms with Crippen LogP contribution in [0, 0.1) is 11.3 Å². The van der Waals surface area contributed by atoms with Gasteiger partial charge in [-0.3, -0.25) is 0 Å². The lowest BCUT2D eigenvalue weighted by Gasteiger charge is -2.40. The molecule has 1 N–H and O–H groups in total. The first kappa shape index (κ1) is 14.0. The zero-order valence-corrected chi connectivity index (χ0v) is 11.3. The number of carbonyl (C=O) groups is 1. The third-order valence-electron chi connectivity index (χ3n) is 3.95. The van der Waals surface area contributed by atoms with Gasteiger partial charge < -0.3 is 5.11 Å². The summed E-state index contributed by atoms with van der Waals surface area (Å²) < 4.78 is 0. The van der Waals surface area contributed by atoms with Gasteiger partial charge in [0.15, 0.2) is 0 Å². The van der Waals surface area contributed by atoms with Crippen molar-refractivity contribution in [2.45, 2.75) is 52.9 Å². The van der Waals surface area contributed by atoms with Crippen LogP contribution in [0.1, 0.15) is 52.9 Å². The Labute approximate surface area is 104 Å². The molecule has 0 aromatic heterocycles. The van der Waals surface area contributed by atoms with Gasteiger partial charge in [0.2, 0.25) is 0 Å². The number of carboxylic acids is 1. The van der Waals surface area contributed by atoms with Crippen molar-refractivity contribution in [2.75, 3.05) is 0 Å². The quantitative estimate of drug-likeness (QED) is 0.587. The molecular weight excluding hydrogens is 212 g/mol. The van der Waals surface area contributed by atoms with Gasteiger partial charge in [0, 0.05) is 6.08 Å². The molecular formula is C15H24O2. The second kappa shape index (κ2) is 5.52. The smallest absolute Gasteiger partial charge is 0.328 e. The fourth-order valence-electron chi connectivity index (χ4n) is 2.92. The molecule has 2 nitrogen and oxygen atoms in total. The van der Waals surface area contributed by atoms with Crippen molar-refractivity contribution in [2.24, 2.45) is 11.3 Å². The van der Waals surface area contributed by atoms with E-state index < -0.39 is 5.97 Å². The summed E-state index contributed by atoms with van der Waals surface area (Å²) in [5.74, 6) is -0.308. The highest BCUT2D eigenvalue weighted by Crippen LogP contribution is 2.45. The van der Waals surface area contributed by atoms with Gasteiger partial charge in [0.25, 0.3) is 0 Å². The predicted octanol–water partition coefficient (Wildman–Crippen LogP) is 4.18. The van der Waals surface area contributed by atoms with Gasteiger partial charge in [-0.05, 0) is 50.4 Å². The molecule has 0 aliphatic heterocycles. The van der Waals surface area contributed by atoms with Crippen LogP contribution in [0.25, 0.3) is 0 Å². The Morgan fingerprint density at radius 2 is 2.24 bits per heavy atom. The van der Waals surface area contributed by atoms with E-state index in [0.717, 1.165) is 24.8 Å². The summed E-state index contributed by atoms with van der Waals surface area (Å²) in [6.07, 6.45) is 6.83. The molecule has 1 atom stereocenters. The van der Waals surface area contributed by atoms with Gasteiger partial charge in [-0.1, -0.05) is 31.6 Å². The lowest BCUT2D eigenvalue weighted by atomic mass is 9.65. The maximum Gasteiger partial charge on any atom is 0.328 e. The summed E-state index contributed by atoms with van der Waals surface area (Å²) in [4.78, 5) is 10.6. The molecule has 0 saturated heterocycles. The SMILES string of the molecule is C=C1CCCC(C)(C)C1CCC(C)=CC(=O)O. The highest BCUT2D eigenvalue weighted by Gasteiger charge is 2.33. The van der Waals surface area contributed by atoms with E-state index in [1.807, 2.05) is 6.92 Å². The van der Waals surface area contributed by atoms with E-state index in [1.165, 1.54) is 24.5 Å². The van der Waals surface area contributed by atoms with Gasteiger partial charge >= 0.3 is 5.97 Å². The molecule has 1 aliphatic rings. The standard InChI is InChI=1S/C15H24O2/c1-11(10-14(16)17)7-8-13-12(2)6-5-9-15(13,3)4/h10,13H,2,5-9H2,1,3-4H3,(H,16,17). The Hall–Kier alpha value is -1.05. The molecule has 0 aromatic rings. The van der Waals surface area contributed by atoms with Crippen molar-refractivity contribution in [1.29, 1.82) is 0 Å². The Bertz CT molecular complexity index is 337. The number of carboxylic acid groups (broad SMARTS) is 1. The lowest BCUT2D eigenvalue weighted by molar-refractivity contribution is -0.131. The molecule has 0 radical (unpaired) electrons. The van der Waals surface area contributed by atoms with Gasteiger partial charge in [0.1, 0.15) is 0 Å². The van der Waals surface area contributed by atoms with Gasteiger partial charge in [0.05, 0.1) is 0 Å². The second-order valence-corrected chi connectivity index (χ2v) is 5.92. The predicted molar refractivity (Wildman–Crippen MR) is 70.9 cm³/mol. The minimum Gasteiger partial charge on any atom is -0.478 e. The molecule has 1 fully saturated rings. The fourth-order valence-corrected chi connectivity index (χ4v) is 2.92. The summed E-state index contributed by atoms with van der Waals surface area (Å²) in [5, 5.41) is 8.68. The van der Waals surface area contributed by atoms with E-state index in [0.29, 0.717) is 11.3 Å². The van der Waals surface area contributed by atoms with Crippen LogP contribution in [0.4, 0.5) is 0 Å². The molecule has 1 unspecified atom stereocenters. The summed E-state index contributed by atoms with van der Waals surface area (Å²) in [5.41, 5.74) is 2.62. The molecule has 0 spiro atoms. The molecule has 1 aliphatic carbocycles. The maximum atomic E-state index is 10.6. The van der Waals surface area contributed by atoms with Crippen LogP contribution in [0.3, 0.4) is 0 Å². The van der Waals surface area contributed by atoms with Crippen molar-refractivity contribution in [1.82, 2.24) is 0 Å². The normalized spacial score (nSPS) is 24.8. The van der Waals surface area contributed by atoms with Crippen molar-refractivity contribution in [3.8, 4) is 0 Å². The number of allylic oxidation sites excluding steroid dienone is 2. The molecule has 0 heterocycles. The van der Waals surface area contributed by atoms with Crippen molar-refractivity contribution >= 4 is 5.97 Å². The van der Waals surface area contributed by atoms with Gasteiger partial charge in [-0.25, -0.2) is 4.79 Å². The van der Waals surface area contributed by atoms with Gasteiger partial charge in [-0.15, -0.1) is 0 Å². The van der Waals surface area contributed by atoms with E-state index in [4.69, 9.17) is 5.11 Å². The minimum atomic E-state index is -0.843. The Morgan fingerprint density at radius 3 is 2.76 bits per heavy atom. The maximum absolute atomic E-state index is 10.6. The number of hydrogen-bond donors (Lipinski definition) is 1. The summed E-state index contributed by atoms with van der Waals surface area (Å²) >= 11 is 0. The zero-order valence-electron chi connectivity index (χ0n) is 11.3. The first-order valence-corrected chi connectivity index (χ1v) is 6.40. The van der Waals surface area contributed by atoms with Crippen LogP contribution >= 0.6 is 0 Å². The van der Waals surface area contributed by atoms with Crippen molar-refractivity contribution < 1.29 is 9.90 Å². The van der Waals surface area contributed by atoms with Crippen LogP contribution in [0.15, 0.2) is 23.8 Å². The molecule has 0 bridgehead atoms. The minimum absolute atomic E-state index is 0.318. The fraction of sp³-hybridized carbons (Fsp3) is 0.667. The second-order valence-electron chi connectivity index (χ2n) is 5.92. The van der Waals surface area contributed by atoms with Crippen LogP contribution in [-0.2, 0) is 4.79 Å². The highest BCUT2D eigenvalue weighted by molar-refractivity contribution is 5.80. The molecule has 0 amide bonds. The molecule has 17 heavy (non-hydrogen) atoms. The monoisotopic (exact) mass is 236 g/mol. The average molecular weight is 236 g/mol. The summed E-state index contributed by atoms with van der Waals surface area (Å²) in [7, 11) is 0. The highest BCUT2D eigenvalue weighted by atomic mass is 16.4. The topological polar surface area (TPSA) is 37.3 Å². The average Bonchev–Trinajstić information content (AvgIpc) is 2.14. The van der Waals surface area contributed by atoms with E-state index in [1.54, 1.807) is 0 Å². The van der Waals surface area contributed by atoms with Gasteiger partial charge in [-0.2, -0.15) is 0 Å². The third-order valence-corrected chi connectivity index (χ3v) is 3.95. The van der Waals surface area contributed by atoms with Crippen molar-refractivity contribution in [3.05, 3.63) is 23.8 Å². The molecule has 1 rings (SSSR count). The third kappa shape index (κ3) is 4.03. The van der Waals surface area contributed by atoms with Crippen LogP contribution in [0.5, 0.6) is 0 Å². The van der Waals surface area contributed by atoms with Crippen LogP contribution in [0.2, 0.25) is 0 Å². The first-order valence-electron chi connectivity index (χ1n) is 6.40.